The molecular formula is C27H31ClN6O5. The van der Waals surface area contributed by atoms with Crippen molar-refractivity contribution < 1.29 is 24.3 Å². The highest BCUT2D eigenvalue weighted by molar-refractivity contribution is 6.33. The van der Waals surface area contributed by atoms with E-state index < -0.39 is 12.2 Å². The van der Waals surface area contributed by atoms with E-state index in [2.05, 4.69) is 15.4 Å². The number of rotatable bonds is 8. The predicted octanol–water partition coefficient (Wildman–Crippen LogP) is 3.45. The van der Waals surface area contributed by atoms with Gasteiger partial charge in [-0.3, -0.25) is 0 Å². The Hall–Kier alpha value is -3.67. The lowest BCUT2D eigenvalue weighted by molar-refractivity contribution is 0.108. The summed E-state index contributed by atoms with van der Waals surface area (Å²) in [5.74, 6) is 2.32. The second kappa shape index (κ2) is 10.8. The molecule has 1 atom stereocenters. The number of hydrogen-bond donors (Lipinski definition) is 3. The lowest BCUT2D eigenvalue weighted by Gasteiger charge is -2.25. The second-order valence-corrected chi connectivity index (χ2v) is 10.3. The number of hydrogen-bond acceptors (Lipinski definition) is 9. The fraction of sp³-hybridized carbons (Fsp3) is 0.407. The summed E-state index contributed by atoms with van der Waals surface area (Å²) in [6, 6.07) is 5.24. The van der Waals surface area contributed by atoms with Gasteiger partial charge in [0.05, 0.1) is 22.0 Å². The molecule has 2 aliphatic heterocycles. The molecule has 4 heterocycles. The number of amides is 1. The SMILES string of the molecule is CNC[C@@H](O)COc1ccc(Cl)c(-c2nc(-c3c(C)noc3C)c(C)c(N3CC4=C(CN(C(=O)O)C4)C3)n2)c1. The number of aliphatic hydroxyl groups excluding tert-OH is 1. The van der Waals surface area contributed by atoms with Gasteiger partial charge in [-0.1, -0.05) is 16.8 Å². The van der Waals surface area contributed by atoms with Crippen molar-refractivity contribution in [1.82, 2.24) is 25.3 Å². The van der Waals surface area contributed by atoms with Gasteiger partial charge in [-0.05, 0) is 57.2 Å². The first-order valence-electron chi connectivity index (χ1n) is 12.7. The van der Waals surface area contributed by atoms with Crippen LogP contribution in [0.15, 0.2) is 33.9 Å². The zero-order valence-corrected chi connectivity index (χ0v) is 23.0. The predicted molar refractivity (Wildman–Crippen MR) is 146 cm³/mol. The molecule has 0 saturated carbocycles. The summed E-state index contributed by atoms with van der Waals surface area (Å²) in [6.07, 6.45) is -1.57. The minimum atomic E-state index is -0.910. The molecular weight excluding hydrogens is 524 g/mol. The molecule has 11 nitrogen and oxygen atoms in total. The van der Waals surface area contributed by atoms with E-state index in [1.165, 1.54) is 4.90 Å². The first-order valence-corrected chi connectivity index (χ1v) is 13.0. The third-order valence-electron chi connectivity index (χ3n) is 7.05. The third kappa shape index (κ3) is 5.29. The molecule has 5 rings (SSSR count). The van der Waals surface area contributed by atoms with Gasteiger partial charge in [-0.25, -0.2) is 14.8 Å². The Morgan fingerprint density at radius 3 is 2.51 bits per heavy atom. The Kier molecular flexibility index (Phi) is 7.48. The molecule has 0 saturated heterocycles. The molecule has 39 heavy (non-hydrogen) atoms. The van der Waals surface area contributed by atoms with Crippen molar-refractivity contribution in [3.8, 4) is 28.4 Å². The standard InChI is InChI=1S/C27H31ClN6O5/c1-14-24(23-15(2)32-39-16(23)3)30-25(21-7-20(5-6-22(21)28)38-13-19(35)8-29-4)31-26(14)33-9-17-11-34(27(36)37)12-18(17)10-33/h5-7,19,29,35H,8-13H2,1-4H3,(H,36,37)/t19-/m1/s1. The molecule has 2 aromatic heterocycles. The number of carboxylic acid groups (broad SMARTS) is 1. The number of nitrogens with one attached hydrogen (secondary N) is 1. The summed E-state index contributed by atoms with van der Waals surface area (Å²) >= 11 is 6.65. The van der Waals surface area contributed by atoms with E-state index >= 15 is 0 Å². The van der Waals surface area contributed by atoms with E-state index in [9.17, 15) is 15.0 Å². The summed E-state index contributed by atoms with van der Waals surface area (Å²) in [5, 5.41) is 27.0. The minimum Gasteiger partial charge on any atom is -0.491 e. The van der Waals surface area contributed by atoms with Crippen molar-refractivity contribution in [3.63, 3.8) is 0 Å². The minimum absolute atomic E-state index is 0.116. The van der Waals surface area contributed by atoms with Gasteiger partial charge in [0.1, 0.15) is 30.0 Å². The van der Waals surface area contributed by atoms with Gasteiger partial charge in [0.15, 0.2) is 5.82 Å². The zero-order valence-electron chi connectivity index (χ0n) is 22.3. The molecule has 3 aromatic rings. The van der Waals surface area contributed by atoms with Gasteiger partial charge < -0.3 is 34.6 Å². The number of aromatic nitrogens is 3. The normalized spacial score (nSPS) is 15.7. The summed E-state index contributed by atoms with van der Waals surface area (Å²) in [6.45, 7) is 8.18. The van der Waals surface area contributed by atoms with Crippen LogP contribution in [0.1, 0.15) is 17.0 Å². The van der Waals surface area contributed by atoms with E-state index in [4.69, 9.17) is 30.8 Å². The van der Waals surface area contributed by atoms with Crippen LogP contribution in [0, 0.1) is 20.8 Å². The van der Waals surface area contributed by atoms with Crippen LogP contribution in [-0.2, 0) is 0 Å². The second-order valence-electron chi connectivity index (χ2n) is 9.91. The summed E-state index contributed by atoms with van der Waals surface area (Å²) in [7, 11) is 1.76. The maximum Gasteiger partial charge on any atom is 0.407 e. The van der Waals surface area contributed by atoms with Gasteiger partial charge in [0.25, 0.3) is 0 Å². The van der Waals surface area contributed by atoms with Crippen molar-refractivity contribution in [2.75, 3.05) is 51.3 Å². The summed E-state index contributed by atoms with van der Waals surface area (Å²) < 4.78 is 11.3. The first kappa shape index (κ1) is 26.9. The number of likely N-dealkylation sites (N-methyl/N-ethyl adjacent to an activating group) is 1. The van der Waals surface area contributed by atoms with Gasteiger partial charge in [-0.15, -0.1) is 0 Å². The van der Waals surface area contributed by atoms with Crippen LogP contribution < -0.4 is 15.0 Å². The maximum atomic E-state index is 11.5. The number of anilines is 1. The highest BCUT2D eigenvalue weighted by Gasteiger charge is 2.34. The number of benzene rings is 1. The van der Waals surface area contributed by atoms with Crippen molar-refractivity contribution in [2.24, 2.45) is 0 Å². The molecule has 1 amide bonds. The average Bonchev–Trinajstić information content (AvgIpc) is 3.57. The van der Waals surface area contributed by atoms with Crippen LogP contribution in [0.4, 0.5) is 10.6 Å². The topological polar surface area (TPSA) is 137 Å². The number of carbonyl (C=O) groups is 1. The smallest absolute Gasteiger partial charge is 0.407 e. The third-order valence-corrected chi connectivity index (χ3v) is 7.38. The quantitative estimate of drug-likeness (QED) is 0.355. The van der Waals surface area contributed by atoms with Crippen molar-refractivity contribution in [2.45, 2.75) is 26.9 Å². The first-order chi connectivity index (χ1) is 18.7. The molecule has 0 aliphatic carbocycles. The molecule has 0 spiro atoms. The highest BCUT2D eigenvalue weighted by atomic mass is 35.5. The van der Waals surface area contributed by atoms with Crippen LogP contribution in [0.3, 0.4) is 0 Å². The maximum absolute atomic E-state index is 11.5. The van der Waals surface area contributed by atoms with E-state index in [1.54, 1.807) is 25.2 Å². The van der Waals surface area contributed by atoms with E-state index in [0.29, 0.717) is 72.0 Å². The van der Waals surface area contributed by atoms with Gasteiger partial charge in [0.2, 0.25) is 0 Å². The zero-order chi connectivity index (χ0) is 27.8. The molecule has 2 aliphatic rings. The van der Waals surface area contributed by atoms with Crippen molar-refractivity contribution in [1.29, 1.82) is 0 Å². The van der Waals surface area contributed by atoms with E-state index in [1.807, 2.05) is 20.8 Å². The molecule has 3 N–H and O–H groups in total. The van der Waals surface area contributed by atoms with Gasteiger partial charge in [0, 0.05) is 43.9 Å². The molecule has 206 valence electrons. The van der Waals surface area contributed by atoms with Gasteiger partial charge >= 0.3 is 6.09 Å². The highest BCUT2D eigenvalue weighted by Crippen LogP contribution is 2.39. The Bertz CT molecular complexity index is 1420. The van der Waals surface area contributed by atoms with Crippen LogP contribution in [0.25, 0.3) is 22.6 Å². The Labute approximate surface area is 231 Å². The molecule has 1 aromatic carbocycles. The fourth-order valence-electron chi connectivity index (χ4n) is 5.12. The number of aryl methyl sites for hydroxylation is 2. The average molecular weight is 555 g/mol. The molecule has 0 fully saturated rings. The monoisotopic (exact) mass is 554 g/mol. The van der Waals surface area contributed by atoms with Crippen LogP contribution in [-0.4, -0.2) is 88.8 Å². The Morgan fingerprint density at radius 1 is 1.18 bits per heavy atom. The number of aliphatic hydroxyl groups is 1. The Balaban J connectivity index is 1.54. The largest absolute Gasteiger partial charge is 0.491 e. The molecule has 0 bridgehead atoms. The Morgan fingerprint density at radius 2 is 1.90 bits per heavy atom. The number of ether oxygens (including phenoxy) is 1. The number of halogens is 1. The summed E-state index contributed by atoms with van der Waals surface area (Å²) in [4.78, 5) is 24.9. The lowest BCUT2D eigenvalue weighted by Crippen LogP contribution is -2.33. The van der Waals surface area contributed by atoms with E-state index in [-0.39, 0.29) is 6.61 Å². The van der Waals surface area contributed by atoms with Crippen molar-refractivity contribution >= 4 is 23.5 Å². The van der Waals surface area contributed by atoms with Crippen LogP contribution in [0.2, 0.25) is 5.02 Å². The van der Waals surface area contributed by atoms with Crippen LogP contribution >= 0.6 is 11.6 Å². The van der Waals surface area contributed by atoms with Crippen LogP contribution in [0.5, 0.6) is 5.75 Å². The molecule has 12 heteroatoms. The molecule has 0 radical (unpaired) electrons. The van der Waals surface area contributed by atoms with E-state index in [0.717, 1.165) is 28.1 Å². The van der Waals surface area contributed by atoms with Gasteiger partial charge in [-0.2, -0.15) is 0 Å². The lowest BCUT2D eigenvalue weighted by atomic mass is 10.0. The summed E-state index contributed by atoms with van der Waals surface area (Å²) in [5.41, 5.74) is 5.86. The number of nitrogens with zero attached hydrogens (tertiary/aromatic N) is 5. The fourth-order valence-corrected chi connectivity index (χ4v) is 5.32. The van der Waals surface area contributed by atoms with Crippen molar-refractivity contribution in [3.05, 3.63) is 51.4 Å². The molecule has 0 unspecified atom stereocenters.